The lowest BCUT2D eigenvalue weighted by Crippen LogP contribution is -2.07. The fraction of sp³-hybridized carbons (Fsp3) is 0.182. The monoisotopic (exact) mass is 276 g/mol. The van der Waals surface area contributed by atoms with Crippen LogP contribution in [0.3, 0.4) is 0 Å². The van der Waals surface area contributed by atoms with E-state index in [1.54, 1.807) is 35.4 Å². The Balaban J connectivity index is 1.89. The van der Waals surface area contributed by atoms with Gasteiger partial charge in [0.05, 0.1) is 11.2 Å². The molecule has 0 spiro atoms. The molecule has 0 aliphatic rings. The van der Waals surface area contributed by atoms with Crippen molar-refractivity contribution in [1.29, 1.82) is 0 Å². The highest BCUT2D eigenvalue weighted by Gasteiger charge is 2.18. The van der Waals surface area contributed by atoms with Gasteiger partial charge in [0.2, 0.25) is 5.82 Å². The van der Waals surface area contributed by atoms with E-state index in [-0.39, 0.29) is 6.04 Å². The Morgan fingerprint density at radius 2 is 2.32 bits per heavy atom. The largest absolute Gasteiger partial charge is 0.337 e. The van der Waals surface area contributed by atoms with Crippen LogP contribution in [0, 0.1) is 0 Å². The van der Waals surface area contributed by atoms with Crippen molar-refractivity contribution in [3.8, 4) is 11.5 Å². The average molecular weight is 277 g/mol. The van der Waals surface area contributed by atoms with Crippen molar-refractivity contribution in [3.63, 3.8) is 0 Å². The van der Waals surface area contributed by atoms with Crippen molar-refractivity contribution in [2.24, 2.45) is 0 Å². The van der Waals surface area contributed by atoms with Crippen LogP contribution in [0.25, 0.3) is 11.5 Å². The van der Waals surface area contributed by atoms with Gasteiger partial charge >= 0.3 is 0 Å². The fourth-order valence-electron chi connectivity index (χ4n) is 1.57. The van der Waals surface area contributed by atoms with E-state index in [0.29, 0.717) is 22.4 Å². The lowest BCUT2D eigenvalue weighted by Gasteiger charge is -2.05. The van der Waals surface area contributed by atoms with Crippen molar-refractivity contribution in [2.75, 3.05) is 0 Å². The molecule has 0 saturated heterocycles. The van der Waals surface area contributed by atoms with E-state index in [4.69, 9.17) is 16.1 Å². The summed E-state index contributed by atoms with van der Waals surface area (Å²) in [6, 6.07) is 3.32. The summed E-state index contributed by atoms with van der Waals surface area (Å²) in [7, 11) is 0. The number of hydrogen-bond donors (Lipinski definition) is 0. The highest BCUT2D eigenvalue weighted by Crippen LogP contribution is 2.20. The van der Waals surface area contributed by atoms with E-state index in [9.17, 15) is 0 Å². The standard InChI is InChI=1S/C11H9ClN6O/c1-7(18-6-8(12)5-14-18)11-15-10(17-19-11)9-3-2-4-13-16-9/h2-7H,1H3/t7-/m0/s1. The number of aromatic nitrogens is 6. The lowest BCUT2D eigenvalue weighted by atomic mass is 10.3. The Kier molecular flexibility index (Phi) is 2.96. The highest BCUT2D eigenvalue weighted by atomic mass is 35.5. The van der Waals surface area contributed by atoms with Gasteiger partial charge in [0.1, 0.15) is 11.7 Å². The van der Waals surface area contributed by atoms with Crippen molar-refractivity contribution in [1.82, 2.24) is 30.1 Å². The van der Waals surface area contributed by atoms with Gasteiger partial charge in [0.25, 0.3) is 5.89 Å². The summed E-state index contributed by atoms with van der Waals surface area (Å²) in [6.45, 7) is 1.89. The van der Waals surface area contributed by atoms with Crippen LogP contribution in [0.1, 0.15) is 18.9 Å². The summed E-state index contributed by atoms with van der Waals surface area (Å²) >= 11 is 5.82. The minimum Gasteiger partial charge on any atom is -0.337 e. The molecule has 3 aromatic heterocycles. The summed E-state index contributed by atoms with van der Waals surface area (Å²) in [6.07, 6.45) is 4.83. The first kappa shape index (κ1) is 11.8. The molecule has 3 rings (SSSR count). The van der Waals surface area contributed by atoms with Gasteiger partial charge in [-0.15, -0.1) is 5.10 Å². The van der Waals surface area contributed by atoms with Crippen LogP contribution in [-0.4, -0.2) is 30.1 Å². The van der Waals surface area contributed by atoms with Gasteiger partial charge in [-0.3, -0.25) is 4.68 Å². The van der Waals surface area contributed by atoms with Gasteiger partial charge < -0.3 is 4.52 Å². The second-order valence-electron chi connectivity index (χ2n) is 3.88. The molecular weight excluding hydrogens is 268 g/mol. The topological polar surface area (TPSA) is 82.5 Å². The van der Waals surface area contributed by atoms with E-state index in [1.807, 2.05) is 6.92 Å². The Labute approximate surface area is 113 Å². The average Bonchev–Trinajstić information content (AvgIpc) is 3.08. The molecule has 0 N–H and O–H groups in total. The fourth-order valence-corrected chi connectivity index (χ4v) is 1.71. The van der Waals surface area contributed by atoms with Crippen molar-refractivity contribution < 1.29 is 4.52 Å². The third-order valence-corrected chi connectivity index (χ3v) is 2.76. The molecule has 19 heavy (non-hydrogen) atoms. The van der Waals surface area contributed by atoms with E-state index in [1.165, 1.54) is 0 Å². The lowest BCUT2D eigenvalue weighted by molar-refractivity contribution is 0.336. The van der Waals surface area contributed by atoms with Crippen LogP contribution in [0.15, 0.2) is 35.2 Å². The van der Waals surface area contributed by atoms with Crippen molar-refractivity contribution in [3.05, 3.63) is 41.6 Å². The molecule has 3 heterocycles. The van der Waals surface area contributed by atoms with Gasteiger partial charge in [-0.05, 0) is 19.1 Å². The summed E-state index contributed by atoms with van der Waals surface area (Å²) in [4.78, 5) is 4.28. The molecule has 0 aromatic carbocycles. The molecule has 0 aliphatic carbocycles. The maximum atomic E-state index is 5.82. The molecule has 96 valence electrons. The van der Waals surface area contributed by atoms with E-state index in [0.717, 1.165) is 0 Å². The molecule has 0 unspecified atom stereocenters. The van der Waals surface area contributed by atoms with Gasteiger partial charge in [-0.2, -0.15) is 15.2 Å². The molecule has 3 aromatic rings. The molecule has 0 amide bonds. The number of hydrogen-bond acceptors (Lipinski definition) is 6. The predicted molar refractivity (Wildman–Crippen MR) is 66.4 cm³/mol. The van der Waals surface area contributed by atoms with Crippen LogP contribution in [-0.2, 0) is 0 Å². The first-order valence-electron chi connectivity index (χ1n) is 5.55. The summed E-state index contributed by atoms with van der Waals surface area (Å²) < 4.78 is 6.86. The molecular formula is C11H9ClN6O. The van der Waals surface area contributed by atoms with Gasteiger partial charge in [-0.25, -0.2) is 0 Å². The molecule has 0 saturated carbocycles. The highest BCUT2D eigenvalue weighted by molar-refractivity contribution is 6.30. The Bertz CT molecular complexity index is 679. The zero-order valence-electron chi connectivity index (χ0n) is 9.93. The van der Waals surface area contributed by atoms with Crippen LogP contribution < -0.4 is 0 Å². The first-order valence-corrected chi connectivity index (χ1v) is 5.93. The maximum absolute atomic E-state index is 5.82. The quantitative estimate of drug-likeness (QED) is 0.727. The molecule has 0 fully saturated rings. The van der Waals surface area contributed by atoms with E-state index < -0.39 is 0 Å². The molecule has 1 atom stereocenters. The predicted octanol–water partition coefficient (Wildman–Crippen LogP) is 1.99. The second kappa shape index (κ2) is 4.77. The third kappa shape index (κ3) is 2.32. The molecule has 0 radical (unpaired) electrons. The minimum atomic E-state index is -0.203. The van der Waals surface area contributed by atoms with Crippen molar-refractivity contribution >= 4 is 11.6 Å². The Morgan fingerprint density at radius 1 is 1.42 bits per heavy atom. The van der Waals surface area contributed by atoms with Gasteiger partial charge in [0, 0.05) is 12.4 Å². The maximum Gasteiger partial charge on any atom is 0.251 e. The number of nitrogens with zero attached hydrogens (tertiary/aromatic N) is 6. The van der Waals surface area contributed by atoms with Gasteiger partial charge in [0.15, 0.2) is 0 Å². The number of halogens is 1. The minimum absolute atomic E-state index is 0.203. The third-order valence-electron chi connectivity index (χ3n) is 2.57. The zero-order valence-corrected chi connectivity index (χ0v) is 10.7. The normalized spacial score (nSPS) is 12.5. The van der Waals surface area contributed by atoms with Crippen LogP contribution in [0.5, 0.6) is 0 Å². The van der Waals surface area contributed by atoms with Crippen molar-refractivity contribution in [2.45, 2.75) is 13.0 Å². The smallest absolute Gasteiger partial charge is 0.251 e. The van der Waals surface area contributed by atoms with Gasteiger partial charge in [-0.1, -0.05) is 16.8 Å². The number of rotatable bonds is 3. The Hall–Kier alpha value is -2.28. The van der Waals surface area contributed by atoms with Crippen LogP contribution in [0.2, 0.25) is 5.02 Å². The molecule has 8 heteroatoms. The first-order chi connectivity index (χ1) is 9.24. The molecule has 0 bridgehead atoms. The Morgan fingerprint density at radius 3 is 3.00 bits per heavy atom. The van der Waals surface area contributed by atoms with E-state index in [2.05, 4.69) is 25.4 Å². The summed E-state index contributed by atoms with van der Waals surface area (Å²) in [5, 5.41) is 16.2. The molecule has 0 aliphatic heterocycles. The second-order valence-corrected chi connectivity index (χ2v) is 4.32. The molecule has 7 nitrogen and oxygen atoms in total. The SMILES string of the molecule is C[C@@H](c1nc(-c2cccnn2)no1)n1cc(Cl)cn1. The zero-order chi connectivity index (χ0) is 13.2. The van der Waals surface area contributed by atoms with Crippen LogP contribution >= 0.6 is 11.6 Å². The van der Waals surface area contributed by atoms with E-state index >= 15 is 0 Å². The summed E-state index contributed by atoms with van der Waals surface area (Å²) in [5.74, 6) is 0.827. The summed E-state index contributed by atoms with van der Waals surface area (Å²) in [5.41, 5.74) is 0.559. The van der Waals surface area contributed by atoms with Crippen LogP contribution in [0.4, 0.5) is 0 Å².